The van der Waals surface area contributed by atoms with Crippen LogP contribution in [0.5, 0.6) is 0 Å². The first-order chi connectivity index (χ1) is 6.60. The fourth-order valence-electron chi connectivity index (χ4n) is 1.71. The van der Waals surface area contributed by atoms with E-state index in [0.29, 0.717) is 0 Å². The molecule has 15 heavy (non-hydrogen) atoms. The van der Waals surface area contributed by atoms with E-state index in [1.165, 1.54) is 0 Å². The molecule has 3 unspecified atom stereocenters. The number of rotatable bonds is 1. The Morgan fingerprint density at radius 3 is 2.07 bits per heavy atom. The largest absolute Gasteiger partial charge is 0.391 e. The summed E-state index contributed by atoms with van der Waals surface area (Å²) in [5.74, 6) is -1.99. The van der Waals surface area contributed by atoms with Gasteiger partial charge in [-0.15, -0.1) is 0 Å². The Morgan fingerprint density at radius 1 is 1.13 bits per heavy atom. The summed E-state index contributed by atoms with van der Waals surface area (Å²) in [7, 11) is -4.59. The molecule has 0 heterocycles. The number of alkyl halides is 4. The average molecular weight is 250 g/mol. The van der Waals surface area contributed by atoms with Crippen LogP contribution in [0.25, 0.3) is 0 Å². The Morgan fingerprint density at radius 2 is 1.67 bits per heavy atom. The lowest BCUT2D eigenvalue weighted by atomic mass is 9.87. The molecule has 0 aromatic carbocycles. The standard InChI is InChI=1S/C7H10F4O3S/c8-5-1-4(7(9,10)11)2-6(3-5)15(12,13)14/h4-6H,1-3H2,(H,12,13,14). The van der Waals surface area contributed by atoms with E-state index in [9.17, 15) is 26.0 Å². The zero-order chi connectivity index (χ0) is 11.9. The Labute approximate surface area is 84.2 Å². The fraction of sp³-hybridized carbons (Fsp3) is 1.00. The molecular formula is C7H10F4O3S. The fourth-order valence-corrected chi connectivity index (χ4v) is 2.64. The number of hydrogen-bond acceptors (Lipinski definition) is 2. The van der Waals surface area contributed by atoms with E-state index in [-0.39, 0.29) is 0 Å². The van der Waals surface area contributed by atoms with E-state index in [2.05, 4.69) is 0 Å². The molecular weight excluding hydrogens is 240 g/mol. The van der Waals surface area contributed by atoms with Gasteiger partial charge in [-0.25, -0.2) is 4.39 Å². The molecule has 1 fully saturated rings. The van der Waals surface area contributed by atoms with Gasteiger partial charge in [0.2, 0.25) is 0 Å². The highest BCUT2D eigenvalue weighted by Crippen LogP contribution is 2.40. The third kappa shape index (κ3) is 3.30. The predicted molar refractivity (Wildman–Crippen MR) is 43.6 cm³/mol. The third-order valence-electron chi connectivity index (χ3n) is 2.49. The summed E-state index contributed by atoms with van der Waals surface area (Å²) < 4.78 is 79.4. The van der Waals surface area contributed by atoms with E-state index in [1.807, 2.05) is 0 Å². The van der Waals surface area contributed by atoms with E-state index >= 15 is 0 Å². The molecule has 1 aliphatic rings. The zero-order valence-electron chi connectivity index (χ0n) is 7.54. The number of hydrogen-bond donors (Lipinski definition) is 1. The lowest BCUT2D eigenvalue weighted by molar-refractivity contribution is -0.186. The van der Waals surface area contributed by atoms with Crippen molar-refractivity contribution in [3.63, 3.8) is 0 Å². The van der Waals surface area contributed by atoms with Gasteiger partial charge in [0, 0.05) is 0 Å². The van der Waals surface area contributed by atoms with E-state index in [4.69, 9.17) is 4.55 Å². The molecule has 8 heteroatoms. The average Bonchev–Trinajstić information content (AvgIpc) is 1.99. The predicted octanol–water partition coefficient (Wildman–Crippen LogP) is 1.94. The molecule has 0 spiro atoms. The van der Waals surface area contributed by atoms with Gasteiger partial charge < -0.3 is 0 Å². The van der Waals surface area contributed by atoms with Gasteiger partial charge >= 0.3 is 6.18 Å². The van der Waals surface area contributed by atoms with E-state index in [0.717, 1.165) is 0 Å². The van der Waals surface area contributed by atoms with Gasteiger partial charge in [0.25, 0.3) is 10.1 Å². The first kappa shape index (κ1) is 12.7. The lowest BCUT2D eigenvalue weighted by Crippen LogP contribution is -2.39. The zero-order valence-corrected chi connectivity index (χ0v) is 8.35. The van der Waals surface area contributed by atoms with Crippen LogP contribution in [0.4, 0.5) is 17.6 Å². The molecule has 1 aliphatic carbocycles. The minimum Gasteiger partial charge on any atom is -0.285 e. The van der Waals surface area contributed by atoms with Gasteiger partial charge in [-0.1, -0.05) is 0 Å². The van der Waals surface area contributed by atoms with Gasteiger partial charge in [0.1, 0.15) is 6.17 Å². The summed E-state index contributed by atoms with van der Waals surface area (Å²) in [4.78, 5) is 0. The molecule has 1 N–H and O–H groups in total. The Bertz CT molecular complexity index is 324. The van der Waals surface area contributed by atoms with Crippen LogP contribution in [0.3, 0.4) is 0 Å². The van der Waals surface area contributed by atoms with Crippen LogP contribution >= 0.6 is 0 Å². The van der Waals surface area contributed by atoms with E-state index < -0.39 is 52.9 Å². The summed E-state index contributed by atoms with van der Waals surface area (Å²) >= 11 is 0. The molecule has 1 saturated carbocycles. The van der Waals surface area contributed by atoms with Crippen molar-refractivity contribution in [1.29, 1.82) is 0 Å². The van der Waals surface area contributed by atoms with Crippen LogP contribution in [0.2, 0.25) is 0 Å². The third-order valence-corrected chi connectivity index (χ3v) is 3.72. The van der Waals surface area contributed by atoms with Crippen LogP contribution in [-0.2, 0) is 10.1 Å². The van der Waals surface area contributed by atoms with Crippen LogP contribution < -0.4 is 0 Å². The summed E-state index contributed by atoms with van der Waals surface area (Å²) in [6, 6.07) is 0. The van der Waals surface area contributed by atoms with Crippen molar-refractivity contribution in [2.24, 2.45) is 5.92 Å². The monoisotopic (exact) mass is 250 g/mol. The van der Waals surface area contributed by atoms with Crippen molar-refractivity contribution in [3.05, 3.63) is 0 Å². The van der Waals surface area contributed by atoms with Crippen LogP contribution in [0, 0.1) is 5.92 Å². The maximum Gasteiger partial charge on any atom is 0.391 e. The SMILES string of the molecule is O=S(=O)(O)C1CC(F)CC(C(F)(F)F)C1. The molecule has 0 aliphatic heterocycles. The molecule has 0 amide bonds. The molecule has 3 atom stereocenters. The lowest BCUT2D eigenvalue weighted by Gasteiger charge is -2.30. The van der Waals surface area contributed by atoms with Crippen molar-refractivity contribution >= 4 is 10.1 Å². The summed E-state index contributed by atoms with van der Waals surface area (Å²) in [6.45, 7) is 0. The second-order valence-electron chi connectivity index (χ2n) is 3.68. The second-order valence-corrected chi connectivity index (χ2v) is 5.38. The number of halogens is 4. The Kier molecular flexibility index (Phi) is 3.30. The summed E-state index contributed by atoms with van der Waals surface area (Å²) in [6.07, 6.45) is -8.51. The van der Waals surface area contributed by atoms with Crippen molar-refractivity contribution in [2.45, 2.75) is 36.9 Å². The van der Waals surface area contributed by atoms with Crippen LogP contribution in [-0.4, -0.2) is 30.6 Å². The minimum absolute atomic E-state index is 0.564. The normalized spacial score (nSPS) is 34.1. The topological polar surface area (TPSA) is 54.4 Å². The van der Waals surface area contributed by atoms with Gasteiger partial charge in [-0.2, -0.15) is 21.6 Å². The highest BCUT2D eigenvalue weighted by Gasteiger charge is 2.47. The minimum atomic E-state index is -4.62. The first-order valence-electron chi connectivity index (χ1n) is 4.27. The quantitative estimate of drug-likeness (QED) is 0.571. The van der Waals surface area contributed by atoms with Crippen molar-refractivity contribution in [2.75, 3.05) is 0 Å². The van der Waals surface area contributed by atoms with Gasteiger partial charge in [0.05, 0.1) is 11.2 Å². The first-order valence-corrected chi connectivity index (χ1v) is 5.78. The Hall–Kier alpha value is -0.370. The highest BCUT2D eigenvalue weighted by atomic mass is 32.2. The second kappa shape index (κ2) is 3.89. The molecule has 0 aromatic heterocycles. The van der Waals surface area contributed by atoms with Gasteiger partial charge in [0.15, 0.2) is 0 Å². The molecule has 3 nitrogen and oxygen atoms in total. The molecule has 0 bridgehead atoms. The molecule has 0 saturated heterocycles. The smallest absolute Gasteiger partial charge is 0.285 e. The van der Waals surface area contributed by atoms with E-state index in [1.54, 1.807) is 0 Å². The summed E-state index contributed by atoms with van der Waals surface area (Å²) in [5.41, 5.74) is 0. The molecule has 1 rings (SSSR count). The molecule has 0 aromatic rings. The molecule has 90 valence electrons. The highest BCUT2D eigenvalue weighted by molar-refractivity contribution is 7.86. The maximum absolute atomic E-state index is 12.9. The maximum atomic E-state index is 12.9. The molecule has 0 radical (unpaired) electrons. The van der Waals surface area contributed by atoms with Crippen LogP contribution in [0.1, 0.15) is 19.3 Å². The van der Waals surface area contributed by atoms with Crippen molar-refractivity contribution < 1.29 is 30.5 Å². The summed E-state index contributed by atoms with van der Waals surface area (Å²) in [5, 5.41) is -1.65. The van der Waals surface area contributed by atoms with Gasteiger partial charge in [-0.3, -0.25) is 4.55 Å². The Balaban J connectivity index is 2.82. The van der Waals surface area contributed by atoms with Crippen LogP contribution in [0.15, 0.2) is 0 Å². The van der Waals surface area contributed by atoms with Gasteiger partial charge in [-0.05, 0) is 19.3 Å². The van der Waals surface area contributed by atoms with Crippen molar-refractivity contribution in [1.82, 2.24) is 0 Å². The van der Waals surface area contributed by atoms with Crippen molar-refractivity contribution in [3.8, 4) is 0 Å².